The van der Waals surface area contributed by atoms with Crippen molar-refractivity contribution in [2.45, 2.75) is 26.4 Å². The van der Waals surface area contributed by atoms with Gasteiger partial charge in [0.15, 0.2) is 5.82 Å². The molecule has 0 bridgehead atoms. The van der Waals surface area contributed by atoms with Crippen LogP contribution in [0.5, 0.6) is 5.75 Å². The maximum atomic E-state index is 5.86. The van der Waals surface area contributed by atoms with E-state index in [0.717, 1.165) is 22.8 Å². The van der Waals surface area contributed by atoms with Gasteiger partial charge in [-0.25, -0.2) is 9.67 Å². The number of nitrogens with zero attached hydrogens (tertiary/aromatic N) is 5. The monoisotopic (exact) mass is 325 g/mol. The summed E-state index contributed by atoms with van der Waals surface area (Å²) in [7, 11) is 0. The van der Waals surface area contributed by atoms with Gasteiger partial charge in [-0.05, 0) is 26.0 Å². The van der Waals surface area contributed by atoms with Crippen LogP contribution in [-0.2, 0) is 6.54 Å². The summed E-state index contributed by atoms with van der Waals surface area (Å²) in [5.41, 5.74) is 14.0. The zero-order valence-electron chi connectivity index (χ0n) is 13.6. The van der Waals surface area contributed by atoms with Crippen LogP contribution in [-0.4, -0.2) is 30.9 Å². The quantitative estimate of drug-likeness (QED) is 0.697. The van der Waals surface area contributed by atoms with Crippen LogP contribution in [0.4, 0.5) is 11.6 Å². The summed E-state index contributed by atoms with van der Waals surface area (Å²) in [4.78, 5) is 9.11. The summed E-state index contributed by atoms with van der Waals surface area (Å²) in [6, 6.07) is 5.75. The number of anilines is 2. The van der Waals surface area contributed by atoms with Gasteiger partial charge in [0.2, 0.25) is 5.95 Å². The van der Waals surface area contributed by atoms with E-state index in [-0.39, 0.29) is 12.0 Å². The van der Waals surface area contributed by atoms with Crippen molar-refractivity contribution in [3.05, 3.63) is 24.4 Å². The van der Waals surface area contributed by atoms with Gasteiger partial charge in [0, 0.05) is 24.0 Å². The lowest BCUT2D eigenvalue weighted by Crippen LogP contribution is -2.06. The number of ether oxygens (including phenoxy) is 1. The Kier molecular flexibility index (Phi) is 3.19. The molecule has 0 saturated heterocycles. The van der Waals surface area contributed by atoms with E-state index < -0.39 is 0 Å². The number of hydrogen-bond acceptors (Lipinski definition) is 6. The largest absolute Gasteiger partial charge is 0.491 e. The fourth-order valence-electron chi connectivity index (χ4n) is 2.88. The molecular weight excluding hydrogens is 306 g/mol. The van der Waals surface area contributed by atoms with E-state index >= 15 is 0 Å². The molecule has 0 atom stereocenters. The molecule has 8 heteroatoms. The minimum Gasteiger partial charge on any atom is -0.491 e. The van der Waals surface area contributed by atoms with Gasteiger partial charge in [0.05, 0.1) is 12.1 Å². The van der Waals surface area contributed by atoms with Crippen molar-refractivity contribution in [1.82, 2.24) is 24.3 Å². The first-order chi connectivity index (χ1) is 11.5. The second-order valence-corrected chi connectivity index (χ2v) is 6.08. The molecule has 24 heavy (non-hydrogen) atoms. The van der Waals surface area contributed by atoms with E-state index in [1.807, 2.05) is 38.2 Å². The summed E-state index contributed by atoms with van der Waals surface area (Å²) < 4.78 is 9.64. The van der Waals surface area contributed by atoms with E-state index in [0.29, 0.717) is 24.7 Å². The molecule has 1 aliphatic rings. The lowest BCUT2D eigenvalue weighted by atomic mass is 10.1. The van der Waals surface area contributed by atoms with Gasteiger partial charge in [-0.3, -0.25) is 0 Å². The van der Waals surface area contributed by atoms with Crippen molar-refractivity contribution < 1.29 is 4.74 Å². The summed E-state index contributed by atoms with van der Waals surface area (Å²) in [6.07, 6.45) is 1.96. The van der Waals surface area contributed by atoms with Gasteiger partial charge in [0.1, 0.15) is 23.9 Å². The molecule has 8 nitrogen and oxygen atoms in total. The molecule has 3 heterocycles. The average Bonchev–Trinajstić information content (AvgIpc) is 3.07. The third kappa shape index (κ3) is 2.27. The van der Waals surface area contributed by atoms with Crippen LogP contribution in [0.15, 0.2) is 24.4 Å². The highest BCUT2D eigenvalue weighted by Crippen LogP contribution is 2.35. The molecule has 1 aliphatic heterocycles. The Hall–Kier alpha value is -3.03. The number of fused-ring (bicyclic) bond motifs is 3. The summed E-state index contributed by atoms with van der Waals surface area (Å²) in [6.45, 7) is 5.32. The Morgan fingerprint density at radius 2 is 2.00 bits per heavy atom. The highest BCUT2D eigenvalue weighted by atomic mass is 16.5. The second-order valence-electron chi connectivity index (χ2n) is 6.08. The van der Waals surface area contributed by atoms with Crippen LogP contribution >= 0.6 is 0 Å². The minimum absolute atomic E-state index is 0.140. The zero-order chi connectivity index (χ0) is 16.8. The zero-order valence-corrected chi connectivity index (χ0v) is 13.6. The normalized spacial score (nSPS) is 13.3. The van der Waals surface area contributed by atoms with Crippen LogP contribution < -0.4 is 16.2 Å². The predicted molar refractivity (Wildman–Crippen MR) is 91.4 cm³/mol. The molecule has 3 aromatic rings. The van der Waals surface area contributed by atoms with Crippen molar-refractivity contribution in [3.8, 4) is 28.7 Å². The number of nitrogen functional groups attached to an aromatic ring is 2. The smallest absolute Gasteiger partial charge is 0.240 e. The summed E-state index contributed by atoms with van der Waals surface area (Å²) in [5, 5.41) is 4.26. The first kappa shape index (κ1) is 14.6. The highest BCUT2D eigenvalue weighted by molar-refractivity contribution is 5.71. The maximum absolute atomic E-state index is 5.86. The van der Waals surface area contributed by atoms with E-state index in [4.69, 9.17) is 21.2 Å². The molecule has 124 valence electrons. The van der Waals surface area contributed by atoms with Crippen LogP contribution in [0, 0.1) is 0 Å². The van der Waals surface area contributed by atoms with Gasteiger partial charge >= 0.3 is 0 Å². The Morgan fingerprint density at radius 1 is 1.17 bits per heavy atom. The van der Waals surface area contributed by atoms with Gasteiger partial charge in [0.25, 0.3) is 0 Å². The molecule has 0 spiro atoms. The molecular formula is C16H19N7O. The van der Waals surface area contributed by atoms with E-state index in [9.17, 15) is 0 Å². The number of hydrogen-bond donors (Lipinski definition) is 2. The van der Waals surface area contributed by atoms with Crippen molar-refractivity contribution in [3.63, 3.8) is 0 Å². The van der Waals surface area contributed by atoms with Crippen LogP contribution in [0.25, 0.3) is 22.9 Å². The number of benzene rings is 1. The number of rotatable bonds is 2. The number of imidazole rings is 1. The molecule has 0 amide bonds. The molecule has 1 aromatic carbocycles. The van der Waals surface area contributed by atoms with Crippen molar-refractivity contribution in [1.29, 1.82) is 0 Å². The van der Waals surface area contributed by atoms with Crippen LogP contribution in [0.2, 0.25) is 0 Å². The number of aromatic nitrogens is 5. The number of nitrogens with two attached hydrogens (primary N) is 2. The fraction of sp³-hybridized carbons (Fsp3) is 0.312. The maximum Gasteiger partial charge on any atom is 0.240 e. The molecule has 0 aliphatic carbocycles. The van der Waals surface area contributed by atoms with Crippen LogP contribution in [0.3, 0.4) is 0 Å². The van der Waals surface area contributed by atoms with Crippen LogP contribution in [0.1, 0.15) is 19.9 Å². The van der Waals surface area contributed by atoms with Crippen molar-refractivity contribution in [2.75, 3.05) is 18.1 Å². The Bertz CT molecular complexity index is 909. The fourth-order valence-corrected chi connectivity index (χ4v) is 2.88. The molecule has 0 saturated carbocycles. The molecule has 0 fully saturated rings. The van der Waals surface area contributed by atoms with Crippen molar-refractivity contribution in [2.24, 2.45) is 0 Å². The van der Waals surface area contributed by atoms with Crippen molar-refractivity contribution >= 4 is 11.6 Å². The minimum atomic E-state index is 0.140. The SMILES string of the molecule is CC(C)n1nc(N)nc1-c1cn2c(n1)-c1ccc(N)cc1OCC2. The topological polar surface area (TPSA) is 110 Å². The Labute approximate surface area is 139 Å². The third-order valence-electron chi connectivity index (χ3n) is 3.98. The summed E-state index contributed by atoms with van der Waals surface area (Å²) >= 11 is 0. The third-order valence-corrected chi connectivity index (χ3v) is 3.98. The molecule has 4 rings (SSSR count). The van der Waals surface area contributed by atoms with E-state index in [1.165, 1.54) is 0 Å². The second kappa shape index (κ2) is 5.26. The average molecular weight is 325 g/mol. The molecule has 4 N–H and O–H groups in total. The summed E-state index contributed by atoms with van der Waals surface area (Å²) in [5.74, 6) is 2.49. The molecule has 0 radical (unpaired) electrons. The lowest BCUT2D eigenvalue weighted by molar-refractivity contribution is 0.307. The first-order valence-corrected chi connectivity index (χ1v) is 7.85. The Balaban J connectivity index is 1.87. The lowest BCUT2D eigenvalue weighted by Gasteiger charge is -2.08. The molecule has 2 aromatic heterocycles. The van der Waals surface area contributed by atoms with Gasteiger partial charge in [-0.15, -0.1) is 5.10 Å². The van der Waals surface area contributed by atoms with Gasteiger partial charge in [-0.2, -0.15) is 4.98 Å². The predicted octanol–water partition coefficient (Wildman–Crippen LogP) is 1.95. The Morgan fingerprint density at radius 3 is 2.79 bits per heavy atom. The van der Waals surface area contributed by atoms with Gasteiger partial charge < -0.3 is 20.8 Å². The van der Waals surface area contributed by atoms with E-state index in [1.54, 1.807) is 4.68 Å². The van der Waals surface area contributed by atoms with E-state index in [2.05, 4.69) is 14.6 Å². The molecule has 0 unspecified atom stereocenters. The standard InChI is InChI=1S/C16H19N7O/c1-9(2)23-15(20-16(18)21-23)12-8-22-5-6-24-13-7-10(17)3-4-11(13)14(22)19-12/h3-4,7-9H,5-6,17H2,1-2H3,(H2,18,21). The first-order valence-electron chi connectivity index (χ1n) is 7.85. The highest BCUT2D eigenvalue weighted by Gasteiger charge is 2.22. The van der Waals surface area contributed by atoms with Gasteiger partial charge in [-0.1, -0.05) is 0 Å².